The molecule has 4 aromatic carbocycles. The van der Waals surface area contributed by atoms with Crippen molar-refractivity contribution >= 4 is 45.7 Å². The van der Waals surface area contributed by atoms with Gasteiger partial charge in [-0.2, -0.15) is 0 Å². The predicted octanol–water partition coefficient (Wildman–Crippen LogP) is 6.16. The van der Waals surface area contributed by atoms with Gasteiger partial charge in [-0.15, -0.1) is 0 Å². The van der Waals surface area contributed by atoms with Crippen molar-refractivity contribution in [3.8, 4) is 0 Å². The summed E-state index contributed by atoms with van der Waals surface area (Å²) < 4.78 is 9.80. The van der Waals surface area contributed by atoms with Crippen LogP contribution in [-0.4, -0.2) is 26.6 Å². The Kier molecular flexibility index (Phi) is 8.16. The van der Waals surface area contributed by atoms with E-state index in [0.29, 0.717) is 27.1 Å². The second kappa shape index (κ2) is 12.7. The van der Waals surface area contributed by atoms with Gasteiger partial charge in [0.1, 0.15) is 0 Å². The highest BCUT2D eigenvalue weighted by Gasteiger charge is 2.35. The van der Waals surface area contributed by atoms with E-state index in [-0.39, 0.29) is 17.9 Å². The van der Waals surface area contributed by atoms with E-state index in [1.807, 2.05) is 97.9 Å². The molecular formula is C38H30N4O5S. The Balaban J connectivity index is 1.43. The first-order valence-electron chi connectivity index (χ1n) is 15.5. The van der Waals surface area contributed by atoms with E-state index in [0.717, 1.165) is 38.9 Å². The number of nitro groups is 1. The first-order valence-corrected chi connectivity index (χ1v) is 16.3. The molecular weight excluding hydrogens is 625 g/mol. The Morgan fingerprint density at radius 2 is 1.62 bits per heavy atom. The quantitative estimate of drug-likeness (QED) is 0.111. The van der Waals surface area contributed by atoms with E-state index in [4.69, 9.17) is 9.73 Å². The number of para-hydroxylation sites is 1. The lowest BCUT2D eigenvalue weighted by Crippen LogP contribution is -2.40. The molecule has 1 atom stereocenters. The number of aromatic nitrogens is 2. The molecule has 0 saturated carbocycles. The summed E-state index contributed by atoms with van der Waals surface area (Å²) in [6.07, 6.45) is 1.91. The number of carbonyl (C=O) groups excluding carboxylic acids is 1. The molecule has 0 aliphatic carbocycles. The van der Waals surface area contributed by atoms with Crippen LogP contribution in [0.1, 0.15) is 40.9 Å². The van der Waals surface area contributed by atoms with Crippen LogP contribution in [0.25, 0.3) is 22.7 Å². The fourth-order valence-electron chi connectivity index (χ4n) is 6.27. The summed E-state index contributed by atoms with van der Waals surface area (Å²) in [5.41, 5.74) is 5.82. The van der Waals surface area contributed by atoms with Gasteiger partial charge in [0.2, 0.25) is 0 Å². The van der Waals surface area contributed by atoms with Gasteiger partial charge in [0, 0.05) is 46.4 Å². The highest BCUT2D eigenvalue weighted by molar-refractivity contribution is 7.07. The molecule has 1 aliphatic rings. The maximum Gasteiger partial charge on any atom is 0.338 e. The number of nitrogens with zero attached hydrogens (tertiary/aromatic N) is 4. The topological polar surface area (TPSA) is 109 Å². The van der Waals surface area contributed by atoms with E-state index in [1.54, 1.807) is 23.6 Å². The van der Waals surface area contributed by atoms with E-state index in [9.17, 15) is 19.7 Å². The lowest BCUT2D eigenvalue weighted by atomic mass is 9.93. The standard InChI is InChI=1S/C38H30N4O5S/c1-3-47-37(44)33-34(26-12-6-4-7-13-26)39-38-41(35(33)27-14-8-5-9-15-27)36(43)32(48-38)22-30-24(2)40(31-17-11-10-16-29(30)31)23-25-18-20-28(21-19-25)42(45)46/h4-22,35H,3,23H2,1-2H3/b32-22-/t35-/m1/s1. The third kappa shape index (κ3) is 5.46. The first-order chi connectivity index (χ1) is 23.4. The summed E-state index contributed by atoms with van der Waals surface area (Å²) in [4.78, 5) is 44.3. The second-order valence-electron chi connectivity index (χ2n) is 11.4. The van der Waals surface area contributed by atoms with Gasteiger partial charge in [0.05, 0.1) is 33.4 Å². The zero-order valence-corrected chi connectivity index (χ0v) is 27.0. The third-order valence-electron chi connectivity index (χ3n) is 8.53. The van der Waals surface area contributed by atoms with Gasteiger partial charge in [-0.1, -0.05) is 102 Å². The molecule has 10 heteroatoms. The maximum absolute atomic E-state index is 14.4. The van der Waals surface area contributed by atoms with Gasteiger partial charge in [-0.25, -0.2) is 9.79 Å². The number of rotatable bonds is 8. The molecule has 0 spiro atoms. The highest BCUT2D eigenvalue weighted by Crippen LogP contribution is 2.35. The van der Waals surface area contributed by atoms with Crippen molar-refractivity contribution in [2.45, 2.75) is 26.4 Å². The fourth-order valence-corrected chi connectivity index (χ4v) is 7.25. The minimum Gasteiger partial charge on any atom is -0.463 e. The van der Waals surface area contributed by atoms with Crippen LogP contribution in [0.2, 0.25) is 0 Å². The number of fused-ring (bicyclic) bond motifs is 2. The molecule has 48 heavy (non-hydrogen) atoms. The average Bonchev–Trinajstić information content (AvgIpc) is 3.57. The van der Waals surface area contributed by atoms with Crippen LogP contribution in [-0.2, 0) is 16.1 Å². The van der Waals surface area contributed by atoms with Crippen LogP contribution in [0.5, 0.6) is 0 Å². The van der Waals surface area contributed by atoms with Gasteiger partial charge < -0.3 is 9.30 Å². The van der Waals surface area contributed by atoms with Gasteiger partial charge >= 0.3 is 5.97 Å². The van der Waals surface area contributed by atoms with E-state index in [1.165, 1.54) is 23.5 Å². The molecule has 0 saturated heterocycles. The molecule has 0 amide bonds. The van der Waals surface area contributed by atoms with Gasteiger partial charge in [0.15, 0.2) is 4.80 Å². The number of non-ortho nitro benzene ring substituents is 1. The Morgan fingerprint density at radius 1 is 0.958 bits per heavy atom. The number of benzene rings is 4. The molecule has 0 N–H and O–H groups in total. The number of carbonyl (C=O) groups is 1. The van der Waals surface area contributed by atoms with E-state index >= 15 is 0 Å². The van der Waals surface area contributed by atoms with Crippen LogP contribution in [0, 0.1) is 17.0 Å². The van der Waals surface area contributed by atoms with Gasteiger partial charge in [-0.3, -0.25) is 19.5 Å². The number of ether oxygens (including phenoxy) is 1. The van der Waals surface area contributed by atoms with E-state index < -0.39 is 16.9 Å². The van der Waals surface area contributed by atoms with Crippen molar-refractivity contribution in [3.05, 3.63) is 173 Å². The van der Waals surface area contributed by atoms with Crippen molar-refractivity contribution in [2.24, 2.45) is 4.99 Å². The number of hydrogen-bond donors (Lipinski definition) is 0. The minimum atomic E-state index is -0.747. The third-order valence-corrected chi connectivity index (χ3v) is 9.51. The summed E-state index contributed by atoms with van der Waals surface area (Å²) in [7, 11) is 0. The van der Waals surface area contributed by atoms with Crippen molar-refractivity contribution in [3.63, 3.8) is 0 Å². The lowest BCUT2D eigenvalue weighted by molar-refractivity contribution is -0.384. The molecule has 0 radical (unpaired) electrons. The normalized spacial score (nSPS) is 14.5. The Bertz CT molecular complexity index is 2410. The van der Waals surface area contributed by atoms with Gasteiger partial charge in [0.25, 0.3) is 11.2 Å². The molecule has 1 aliphatic heterocycles. The van der Waals surface area contributed by atoms with Crippen LogP contribution < -0.4 is 14.9 Å². The summed E-state index contributed by atoms with van der Waals surface area (Å²) in [6.45, 7) is 4.44. The van der Waals surface area contributed by atoms with Crippen LogP contribution in [0.4, 0.5) is 5.69 Å². The van der Waals surface area contributed by atoms with Crippen molar-refractivity contribution < 1.29 is 14.5 Å². The number of esters is 1. The Hall–Kier alpha value is -5.87. The second-order valence-corrected chi connectivity index (χ2v) is 12.4. The smallest absolute Gasteiger partial charge is 0.338 e. The van der Waals surface area contributed by atoms with E-state index in [2.05, 4.69) is 4.57 Å². The fraction of sp³-hybridized carbons (Fsp3) is 0.132. The monoisotopic (exact) mass is 654 g/mol. The first kappa shape index (κ1) is 30.8. The summed E-state index contributed by atoms with van der Waals surface area (Å²) >= 11 is 1.28. The van der Waals surface area contributed by atoms with Crippen LogP contribution in [0.15, 0.2) is 125 Å². The Morgan fingerprint density at radius 3 is 2.31 bits per heavy atom. The van der Waals surface area contributed by atoms with Crippen molar-refractivity contribution in [1.29, 1.82) is 0 Å². The predicted molar refractivity (Wildman–Crippen MR) is 186 cm³/mol. The van der Waals surface area contributed by atoms with Crippen LogP contribution in [0.3, 0.4) is 0 Å². The number of nitro benzene ring substituents is 1. The molecule has 0 fully saturated rings. The zero-order valence-electron chi connectivity index (χ0n) is 26.2. The molecule has 2 aromatic heterocycles. The summed E-state index contributed by atoms with van der Waals surface area (Å²) in [5, 5.41) is 12.2. The molecule has 238 valence electrons. The van der Waals surface area contributed by atoms with Gasteiger partial charge in [-0.05, 0) is 37.1 Å². The lowest BCUT2D eigenvalue weighted by Gasteiger charge is -2.25. The van der Waals surface area contributed by atoms with Crippen LogP contribution >= 0.6 is 11.3 Å². The van der Waals surface area contributed by atoms with Crippen molar-refractivity contribution in [1.82, 2.24) is 9.13 Å². The average molecular weight is 655 g/mol. The number of hydrogen-bond acceptors (Lipinski definition) is 7. The minimum absolute atomic E-state index is 0.0410. The molecule has 7 rings (SSSR count). The highest BCUT2D eigenvalue weighted by atomic mass is 32.1. The molecule has 0 unspecified atom stereocenters. The molecule has 9 nitrogen and oxygen atoms in total. The SMILES string of the molecule is CCOC(=O)C1=C(c2ccccc2)N=c2s/c(=C\c3c(C)n(Cc4ccc([N+](=O)[O-])cc4)c4ccccc34)c(=O)n2[C@@H]1c1ccccc1. The van der Waals surface area contributed by atoms with Crippen molar-refractivity contribution in [2.75, 3.05) is 6.61 Å². The maximum atomic E-state index is 14.4. The Labute approximate surface area is 279 Å². The molecule has 0 bridgehead atoms. The molecule has 3 heterocycles. The summed E-state index contributed by atoms with van der Waals surface area (Å²) in [6, 6.07) is 32.8. The summed E-state index contributed by atoms with van der Waals surface area (Å²) in [5.74, 6) is -0.520. The number of thiazole rings is 1. The zero-order chi connectivity index (χ0) is 33.4. The largest absolute Gasteiger partial charge is 0.463 e. The molecule has 6 aromatic rings.